The van der Waals surface area contributed by atoms with Crippen LogP contribution in [0.5, 0.6) is 0 Å². The Balaban J connectivity index is 1.68. The fourth-order valence-corrected chi connectivity index (χ4v) is 2.41. The third kappa shape index (κ3) is 1.80. The van der Waals surface area contributed by atoms with E-state index in [2.05, 4.69) is 41.6 Å². The first kappa shape index (κ1) is 11.1. The molecule has 0 atom stereocenters. The minimum absolute atomic E-state index is 0.492. The van der Waals surface area contributed by atoms with Gasteiger partial charge in [0.2, 0.25) is 0 Å². The Morgan fingerprint density at radius 2 is 2.35 bits per heavy atom. The van der Waals surface area contributed by atoms with Crippen LogP contribution < -0.4 is 0 Å². The van der Waals surface area contributed by atoms with Crippen LogP contribution in [-0.2, 0) is 0 Å². The first-order valence-electron chi connectivity index (χ1n) is 5.61. The molecule has 4 heterocycles. The number of H-pyrrole nitrogens is 2. The molecule has 20 heavy (non-hydrogen) atoms. The average molecular weight is 284 g/mol. The number of hydrogen-bond acceptors (Lipinski definition) is 7. The van der Waals surface area contributed by atoms with Gasteiger partial charge < -0.3 is 9.51 Å². The summed E-state index contributed by atoms with van der Waals surface area (Å²) in [5, 5.41) is 20.8. The Bertz CT molecular complexity index is 744. The van der Waals surface area contributed by atoms with E-state index in [0.717, 1.165) is 10.7 Å². The summed E-state index contributed by atoms with van der Waals surface area (Å²) >= 11 is 1.44. The van der Waals surface area contributed by atoms with E-state index in [1.807, 2.05) is 5.38 Å². The molecule has 0 aliphatic carbocycles. The van der Waals surface area contributed by atoms with E-state index in [4.69, 9.17) is 4.52 Å². The zero-order chi connectivity index (χ0) is 13.4. The number of aromatic nitrogens is 7. The third-order valence-corrected chi connectivity index (χ3v) is 3.42. The molecule has 97 valence electrons. The molecule has 0 bridgehead atoms. The normalized spacial score (nSPS) is 11.0. The summed E-state index contributed by atoms with van der Waals surface area (Å²) < 4.78 is 5.22. The Kier molecular flexibility index (Phi) is 2.42. The highest BCUT2D eigenvalue weighted by atomic mass is 32.1. The lowest BCUT2D eigenvalue weighted by atomic mass is 10.2. The molecule has 0 aliphatic rings. The Hall–Kier alpha value is -2.81. The number of nitrogens with zero attached hydrogens (tertiary/aromatic N) is 5. The fourth-order valence-electron chi connectivity index (χ4n) is 1.66. The van der Waals surface area contributed by atoms with Crippen LogP contribution in [0.2, 0.25) is 0 Å². The lowest BCUT2D eigenvalue weighted by Gasteiger charge is -1.86. The van der Waals surface area contributed by atoms with Crippen LogP contribution in [0.1, 0.15) is 0 Å². The van der Waals surface area contributed by atoms with E-state index < -0.39 is 0 Å². The molecule has 4 aromatic rings. The van der Waals surface area contributed by atoms with Gasteiger partial charge in [0.05, 0.1) is 6.07 Å². The summed E-state index contributed by atoms with van der Waals surface area (Å²) in [6.45, 7) is 0. The number of rotatable bonds is 3. The number of nitrogens with one attached hydrogen (secondary N) is 2. The molecular formula is C11H6N7OS. The maximum absolute atomic E-state index is 5.22. The molecule has 0 saturated carbocycles. The SMILES string of the molecule is [c]1c(-c2csc(-c3nnc[nH]3)n2)noc1-c1ccn[nH]1. The van der Waals surface area contributed by atoms with Crippen LogP contribution in [-0.4, -0.2) is 35.5 Å². The predicted molar refractivity (Wildman–Crippen MR) is 69.4 cm³/mol. The van der Waals surface area contributed by atoms with E-state index in [1.165, 1.54) is 17.7 Å². The van der Waals surface area contributed by atoms with Crippen LogP contribution in [0.25, 0.3) is 33.7 Å². The van der Waals surface area contributed by atoms with Crippen molar-refractivity contribution < 1.29 is 4.52 Å². The van der Waals surface area contributed by atoms with E-state index in [9.17, 15) is 0 Å². The monoisotopic (exact) mass is 284 g/mol. The Morgan fingerprint density at radius 3 is 3.15 bits per heavy atom. The predicted octanol–water partition coefficient (Wildman–Crippen LogP) is 1.77. The van der Waals surface area contributed by atoms with Crippen molar-refractivity contribution in [3.8, 4) is 33.7 Å². The van der Waals surface area contributed by atoms with Gasteiger partial charge in [-0.15, -0.1) is 21.5 Å². The largest absolute Gasteiger partial charge is 0.353 e. The summed E-state index contributed by atoms with van der Waals surface area (Å²) in [7, 11) is 0. The van der Waals surface area contributed by atoms with Gasteiger partial charge >= 0.3 is 0 Å². The summed E-state index contributed by atoms with van der Waals surface area (Å²) in [6, 6.07) is 4.82. The first-order valence-corrected chi connectivity index (χ1v) is 6.49. The van der Waals surface area contributed by atoms with Gasteiger partial charge in [-0.05, 0) is 6.07 Å². The summed E-state index contributed by atoms with van der Waals surface area (Å²) in [5.74, 6) is 1.12. The van der Waals surface area contributed by atoms with Crippen molar-refractivity contribution >= 4 is 11.3 Å². The lowest BCUT2D eigenvalue weighted by molar-refractivity contribution is 0.433. The summed E-state index contributed by atoms with van der Waals surface area (Å²) in [5.41, 5.74) is 1.93. The summed E-state index contributed by atoms with van der Waals surface area (Å²) in [6.07, 6.45) is 3.14. The molecule has 0 aromatic carbocycles. The lowest BCUT2D eigenvalue weighted by Crippen LogP contribution is -1.81. The highest BCUT2D eigenvalue weighted by Gasteiger charge is 2.14. The van der Waals surface area contributed by atoms with Crippen LogP contribution >= 0.6 is 11.3 Å². The molecule has 0 spiro atoms. The smallest absolute Gasteiger partial charge is 0.193 e. The maximum atomic E-state index is 5.22. The second-order valence-electron chi connectivity index (χ2n) is 3.83. The van der Waals surface area contributed by atoms with Crippen LogP contribution in [0.3, 0.4) is 0 Å². The molecule has 4 aromatic heterocycles. The highest BCUT2D eigenvalue weighted by Crippen LogP contribution is 2.28. The third-order valence-electron chi connectivity index (χ3n) is 2.57. The van der Waals surface area contributed by atoms with Crippen molar-refractivity contribution in [2.75, 3.05) is 0 Å². The molecule has 0 amide bonds. The first-order chi connectivity index (χ1) is 9.90. The van der Waals surface area contributed by atoms with Crippen LogP contribution in [0.4, 0.5) is 0 Å². The molecule has 2 N–H and O–H groups in total. The van der Waals surface area contributed by atoms with Gasteiger partial charge in [0.15, 0.2) is 16.6 Å². The van der Waals surface area contributed by atoms with E-state index in [0.29, 0.717) is 23.0 Å². The average Bonchev–Trinajstić information content (AvgIpc) is 3.22. The zero-order valence-electron chi connectivity index (χ0n) is 9.86. The van der Waals surface area contributed by atoms with Gasteiger partial charge in [-0.3, -0.25) is 5.10 Å². The van der Waals surface area contributed by atoms with Gasteiger partial charge in [0, 0.05) is 11.6 Å². The van der Waals surface area contributed by atoms with Crippen LogP contribution in [0, 0.1) is 6.07 Å². The summed E-state index contributed by atoms with van der Waals surface area (Å²) in [4.78, 5) is 7.33. The molecule has 0 fully saturated rings. The highest BCUT2D eigenvalue weighted by molar-refractivity contribution is 7.13. The van der Waals surface area contributed by atoms with Crippen molar-refractivity contribution in [2.24, 2.45) is 0 Å². The van der Waals surface area contributed by atoms with Gasteiger partial charge in [-0.25, -0.2) is 4.98 Å². The van der Waals surface area contributed by atoms with Gasteiger partial charge in [0.25, 0.3) is 0 Å². The minimum atomic E-state index is 0.492. The standard InChI is InChI=1S/C11H6N7OS/c1-2-13-16-6(1)9-3-7(18-19-9)8-4-20-11(15-8)10-12-5-14-17-10/h1-2,4-5H,(H,13,16)(H,12,14,17). The molecule has 0 aliphatic heterocycles. The molecule has 0 saturated heterocycles. The quantitative estimate of drug-likeness (QED) is 0.593. The zero-order valence-corrected chi connectivity index (χ0v) is 10.7. The molecule has 1 radical (unpaired) electrons. The van der Waals surface area contributed by atoms with E-state index >= 15 is 0 Å². The molecule has 0 unspecified atom stereocenters. The van der Waals surface area contributed by atoms with Crippen molar-refractivity contribution in [1.29, 1.82) is 0 Å². The van der Waals surface area contributed by atoms with Crippen molar-refractivity contribution in [3.05, 3.63) is 30.0 Å². The fraction of sp³-hybridized carbons (Fsp3) is 0. The van der Waals surface area contributed by atoms with Gasteiger partial charge in [-0.1, -0.05) is 5.16 Å². The molecule has 8 nitrogen and oxygen atoms in total. The topological polar surface area (TPSA) is 109 Å². The molecule has 4 rings (SSSR count). The second kappa shape index (κ2) is 4.38. The number of hydrogen-bond donors (Lipinski definition) is 2. The number of aromatic amines is 2. The maximum Gasteiger partial charge on any atom is 0.193 e. The molecular weight excluding hydrogens is 278 g/mol. The Labute approximate surface area is 115 Å². The van der Waals surface area contributed by atoms with Crippen LogP contribution in [0.15, 0.2) is 28.5 Å². The second-order valence-corrected chi connectivity index (χ2v) is 4.69. The van der Waals surface area contributed by atoms with E-state index in [-0.39, 0.29) is 0 Å². The van der Waals surface area contributed by atoms with Gasteiger partial charge in [0.1, 0.15) is 23.4 Å². The van der Waals surface area contributed by atoms with Gasteiger partial charge in [-0.2, -0.15) is 5.10 Å². The van der Waals surface area contributed by atoms with E-state index in [1.54, 1.807) is 12.3 Å². The minimum Gasteiger partial charge on any atom is -0.353 e. The van der Waals surface area contributed by atoms with Crippen molar-refractivity contribution in [1.82, 2.24) is 35.5 Å². The number of thiazole rings is 1. The van der Waals surface area contributed by atoms with Crippen molar-refractivity contribution in [3.63, 3.8) is 0 Å². The Morgan fingerprint density at radius 1 is 1.35 bits per heavy atom. The molecule has 9 heteroatoms. The van der Waals surface area contributed by atoms with Crippen molar-refractivity contribution in [2.45, 2.75) is 0 Å².